The molecule has 3 rings (SSSR count). The highest BCUT2D eigenvalue weighted by Gasteiger charge is 2.28. The van der Waals surface area contributed by atoms with Crippen LogP contribution in [-0.4, -0.2) is 35.0 Å². The fourth-order valence-electron chi connectivity index (χ4n) is 2.55. The Balaban J connectivity index is 1.66. The molecular formula is C20H22N2O5. The summed E-state index contributed by atoms with van der Waals surface area (Å²) in [6.45, 7) is 6.36. The Morgan fingerprint density at radius 2 is 1.96 bits per heavy atom. The first kappa shape index (κ1) is 18.6. The van der Waals surface area contributed by atoms with Crippen LogP contribution in [-0.2, 0) is 10.2 Å². The predicted molar refractivity (Wildman–Crippen MR) is 101 cm³/mol. The number of benzene rings is 2. The summed E-state index contributed by atoms with van der Waals surface area (Å²) in [6.07, 6.45) is 0.445. The van der Waals surface area contributed by atoms with Crippen molar-refractivity contribution in [3.8, 4) is 23.0 Å². The van der Waals surface area contributed by atoms with Gasteiger partial charge in [0.05, 0.1) is 6.21 Å². The Hall–Kier alpha value is -3.22. The molecule has 0 spiro atoms. The molecular weight excluding hydrogens is 348 g/mol. The van der Waals surface area contributed by atoms with E-state index in [0.717, 1.165) is 5.56 Å². The van der Waals surface area contributed by atoms with Gasteiger partial charge in [0.25, 0.3) is 5.91 Å². The Morgan fingerprint density at radius 1 is 1.19 bits per heavy atom. The van der Waals surface area contributed by atoms with Gasteiger partial charge in [-0.1, -0.05) is 26.8 Å². The van der Waals surface area contributed by atoms with Gasteiger partial charge in [-0.05, 0) is 35.2 Å². The molecule has 142 valence electrons. The van der Waals surface area contributed by atoms with Gasteiger partial charge < -0.3 is 19.7 Å². The summed E-state index contributed by atoms with van der Waals surface area (Å²) in [5, 5.41) is 22.8. The molecule has 0 fully saturated rings. The van der Waals surface area contributed by atoms with E-state index in [2.05, 4.69) is 31.3 Å². The number of nitrogens with one attached hydrogen (secondary N) is 1. The predicted octanol–water partition coefficient (Wildman–Crippen LogP) is 2.69. The van der Waals surface area contributed by atoms with E-state index in [0.29, 0.717) is 17.1 Å². The van der Waals surface area contributed by atoms with Crippen molar-refractivity contribution in [2.75, 3.05) is 6.61 Å². The van der Waals surface area contributed by atoms with Gasteiger partial charge in [0.15, 0.2) is 11.5 Å². The van der Waals surface area contributed by atoms with Gasteiger partial charge in [0.1, 0.15) is 18.1 Å². The van der Waals surface area contributed by atoms with Gasteiger partial charge in [-0.2, -0.15) is 5.10 Å². The van der Waals surface area contributed by atoms with Crippen LogP contribution in [0.3, 0.4) is 0 Å². The number of hydrazone groups is 1. The smallest absolute Gasteiger partial charge is 0.284 e. The molecule has 2 aromatic rings. The first-order valence-corrected chi connectivity index (χ1v) is 8.53. The number of aromatic hydroxyl groups is 2. The van der Waals surface area contributed by atoms with E-state index < -0.39 is 12.0 Å². The topological polar surface area (TPSA) is 100 Å². The number of carbonyl (C=O) groups is 1. The molecule has 3 N–H and O–H groups in total. The monoisotopic (exact) mass is 370 g/mol. The van der Waals surface area contributed by atoms with Crippen LogP contribution in [0, 0.1) is 0 Å². The van der Waals surface area contributed by atoms with Gasteiger partial charge in [-0.15, -0.1) is 0 Å². The van der Waals surface area contributed by atoms with Crippen LogP contribution >= 0.6 is 0 Å². The summed E-state index contributed by atoms with van der Waals surface area (Å²) < 4.78 is 11.4. The number of ether oxygens (including phenoxy) is 2. The lowest BCUT2D eigenvalue weighted by Gasteiger charge is -2.27. The van der Waals surface area contributed by atoms with Crippen LogP contribution in [0.4, 0.5) is 0 Å². The first-order chi connectivity index (χ1) is 12.7. The van der Waals surface area contributed by atoms with Crippen molar-refractivity contribution < 1.29 is 24.5 Å². The Bertz CT molecular complexity index is 886. The maximum atomic E-state index is 12.3. The molecule has 1 heterocycles. The maximum Gasteiger partial charge on any atom is 0.284 e. The number of nitrogens with zero attached hydrogens (tertiary/aromatic N) is 1. The van der Waals surface area contributed by atoms with Crippen LogP contribution < -0.4 is 14.9 Å². The number of phenolic OH excluding ortho intramolecular Hbond substituents is 2. The second-order valence-electron chi connectivity index (χ2n) is 7.31. The SMILES string of the molecule is CC(C)(C)c1ccc2c(c1)OC(C(=O)N/N=C/c1ccc(O)cc1O)CO2. The fourth-order valence-corrected chi connectivity index (χ4v) is 2.55. The molecule has 0 aliphatic carbocycles. The van der Waals surface area contributed by atoms with Crippen molar-refractivity contribution >= 4 is 12.1 Å². The Kier molecular flexibility index (Phi) is 4.94. The molecule has 7 nitrogen and oxygen atoms in total. The lowest BCUT2D eigenvalue weighted by Crippen LogP contribution is -2.42. The zero-order valence-electron chi connectivity index (χ0n) is 15.4. The van der Waals surface area contributed by atoms with Crippen molar-refractivity contribution in [3.05, 3.63) is 47.5 Å². The highest BCUT2D eigenvalue weighted by atomic mass is 16.6. The average Bonchev–Trinajstić information content (AvgIpc) is 2.61. The summed E-state index contributed by atoms with van der Waals surface area (Å²) in [6, 6.07) is 9.78. The number of carbonyl (C=O) groups excluding carboxylic acids is 1. The molecule has 1 amide bonds. The van der Waals surface area contributed by atoms with Crippen molar-refractivity contribution in [3.63, 3.8) is 0 Å². The fraction of sp³-hybridized carbons (Fsp3) is 0.300. The quantitative estimate of drug-likeness (QED) is 0.570. The lowest BCUT2D eigenvalue weighted by atomic mass is 9.87. The van der Waals surface area contributed by atoms with E-state index in [4.69, 9.17) is 9.47 Å². The van der Waals surface area contributed by atoms with Crippen LogP contribution in [0.2, 0.25) is 0 Å². The van der Waals surface area contributed by atoms with Gasteiger partial charge in [-0.25, -0.2) is 5.43 Å². The molecule has 1 aliphatic rings. The standard InChI is InChI=1S/C20H22N2O5/c1-20(2,3)13-5-7-16-17(8-13)27-18(11-26-16)19(25)22-21-10-12-4-6-14(23)9-15(12)24/h4-10,18,23-24H,11H2,1-3H3,(H,22,25)/b21-10+. The van der Waals surface area contributed by atoms with Crippen molar-refractivity contribution in [1.82, 2.24) is 5.43 Å². The van der Waals surface area contributed by atoms with Crippen molar-refractivity contribution in [2.45, 2.75) is 32.3 Å². The van der Waals surface area contributed by atoms with E-state index >= 15 is 0 Å². The molecule has 2 aromatic carbocycles. The van der Waals surface area contributed by atoms with Gasteiger partial charge in [0, 0.05) is 11.6 Å². The molecule has 0 saturated carbocycles. The largest absolute Gasteiger partial charge is 0.508 e. The zero-order chi connectivity index (χ0) is 19.6. The van der Waals surface area contributed by atoms with Crippen molar-refractivity contribution in [2.24, 2.45) is 5.10 Å². The summed E-state index contributed by atoms with van der Waals surface area (Å²) in [5.74, 6) is 0.457. The lowest BCUT2D eigenvalue weighted by molar-refractivity contribution is -0.130. The molecule has 1 atom stereocenters. The Morgan fingerprint density at radius 3 is 2.67 bits per heavy atom. The molecule has 1 unspecified atom stereocenters. The van der Waals surface area contributed by atoms with E-state index in [-0.39, 0.29) is 23.5 Å². The summed E-state index contributed by atoms with van der Waals surface area (Å²) in [4.78, 5) is 12.3. The molecule has 27 heavy (non-hydrogen) atoms. The number of hydrogen-bond acceptors (Lipinski definition) is 6. The molecule has 7 heteroatoms. The van der Waals surface area contributed by atoms with E-state index in [1.165, 1.54) is 24.4 Å². The molecule has 0 bridgehead atoms. The third-order valence-corrected chi connectivity index (χ3v) is 4.15. The number of fused-ring (bicyclic) bond motifs is 1. The van der Waals surface area contributed by atoms with Crippen LogP contribution in [0.1, 0.15) is 31.9 Å². The number of phenols is 2. The Labute approximate surface area is 157 Å². The maximum absolute atomic E-state index is 12.3. The molecule has 1 aliphatic heterocycles. The van der Waals surface area contributed by atoms with Gasteiger partial charge in [0.2, 0.25) is 6.10 Å². The normalized spacial score (nSPS) is 16.3. The van der Waals surface area contributed by atoms with E-state index in [1.807, 2.05) is 18.2 Å². The number of amides is 1. The summed E-state index contributed by atoms with van der Waals surface area (Å²) >= 11 is 0. The number of hydrogen-bond donors (Lipinski definition) is 3. The first-order valence-electron chi connectivity index (χ1n) is 8.53. The average molecular weight is 370 g/mol. The zero-order valence-corrected chi connectivity index (χ0v) is 15.4. The van der Waals surface area contributed by atoms with Gasteiger partial charge in [-0.3, -0.25) is 4.79 Å². The summed E-state index contributed by atoms with van der Waals surface area (Å²) in [5.41, 5.74) is 3.75. The minimum absolute atomic E-state index is 0.0516. The van der Waals surface area contributed by atoms with Gasteiger partial charge >= 0.3 is 0 Å². The minimum atomic E-state index is -0.835. The molecule has 0 saturated heterocycles. The highest BCUT2D eigenvalue weighted by Crippen LogP contribution is 2.36. The second-order valence-corrected chi connectivity index (χ2v) is 7.31. The third kappa shape index (κ3) is 4.31. The molecule has 0 aromatic heterocycles. The third-order valence-electron chi connectivity index (χ3n) is 4.15. The minimum Gasteiger partial charge on any atom is -0.508 e. The van der Waals surface area contributed by atoms with Crippen molar-refractivity contribution in [1.29, 1.82) is 0 Å². The van der Waals surface area contributed by atoms with Crippen LogP contribution in [0.15, 0.2) is 41.5 Å². The van der Waals surface area contributed by atoms with Crippen LogP contribution in [0.5, 0.6) is 23.0 Å². The summed E-state index contributed by atoms with van der Waals surface area (Å²) in [7, 11) is 0. The second kappa shape index (κ2) is 7.19. The van der Waals surface area contributed by atoms with Crippen LogP contribution in [0.25, 0.3) is 0 Å². The van der Waals surface area contributed by atoms with E-state index in [9.17, 15) is 15.0 Å². The highest BCUT2D eigenvalue weighted by molar-refractivity contribution is 5.86. The van der Waals surface area contributed by atoms with E-state index in [1.54, 1.807) is 0 Å². The number of rotatable bonds is 3. The molecule has 0 radical (unpaired) electrons.